The van der Waals surface area contributed by atoms with E-state index < -0.39 is 0 Å². The van der Waals surface area contributed by atoms with Crippen LogP contribution in [0.25, 0.3) is 0 Å². The molecule has 0 aliphatic rings. The summed E-state index contributed by atoms with van der Waals surface area (Å²) in [7, 11) is 0. The first-order valence-corrected chi connectivity index (χ1v) is 10.6. The Hall–Kier alpha value is -2.67. The van der Waals surface area contributed by atoms with E-state index in [0.29, 0.717) is 6.54 Å². The Morgan fingerprint density at radius 1 is 1.11 bits per heavy atom. The number of benzene rings is 1. The van der Waals surface area contributed by atoms with Crippen molar-refractivity contribution in [1.82, 2.24) is 25.4 Å². The van der Waals surface area contributed by atoms with Crippen LogP contribution in [0.5, 0.6) is 0 Å². The number of aryl methyl sites for hydroxylation is 1. The van der Waals surface area contributed by atoms with Crippen molar-refractivity contribution in [2.24, 2.45) is 4.99 Å². The van der Waals surface area contributed by atoms with Crippen molar-refractivity contribution in [2.45, 2.75) is 39.8 Å². The fourth-order valence-electron chi connectivity index (χ4n) is 2.77. The highest BCUT2D eigenvalue weighted by molar-refractivity contribution is 7.11. The van der Waals surface area contributed by atoms with Gasteiger partial charge in [0.15, 0.2) is 5.96 Å². The predicted octanol–water partition coefficient (Wildman–Crippen LogP) is 3.25. The van der Waals surface area contributed by atoms with E-state index in [2.05, 4.69) is 57.9 Å². The van der Waals surface area contributed by atoms with Crippen molar-refractivity contribution < 1.29 is 0 Å². The molecule has 2 aromatic heterocycles. The molecule has 2 N–H and O–H groups in total. The van der Waals surface area contributed by atoms with Crippen molar-refractivity contribution in [2.75, 3.05) is 13.1 Å². The van der Waals surface area contributed by atoms with Gasteiger partial charge in [0.25, 0.3) is 0 Å². The fraction of sp³-hybridized carbons (Fsp3) is 0.381. The number of rotatable bonds is 9. The molecular weight excluding hydrogens is 368 g/mol. The van der Waals surface area contributed by atoms with Gasteiger partial charge in [-0.25, -0.2) is 9.98 Å². The second-order valence-corrected chi connectivity index (χ2v) is 7.68. The summed E-state index contributed by atoms with van der Waals surface area (Å²) in [5, 5.41) is 12.3. The molecule has 28 heavy (non-hydrogen) atoms. The third-order valence-electron chi connectivity index (χ3n) is 4.22. The summed E-state index contributed by atoms with van der Waals surface area (Å²) < 4.78 is 1.95. The summed E-state index contributed by atoms with van der Waals surface area (Å²) in [6.45, 7) is 7.25. The van der Waals surface area contributed by atoms with Crippen LogP contribution in [0.4, 0.5) is 0 Å². The first-order chi connectivity index (χ1) is 13.8. The van der Waals surface area contributed by atoms with Gasteiger partial charge in [0.1, 0.15) is 0 Å². The van der Waals surface area contributed by atoms with E-state index in [4.69, 9.17) is 0 Å². The van der Waals surface area contributed by atoms with Gasteiger partial charge >= 0.3 is 0 Å². The van der Waals surface area contributed by atoms with E-state index in [1.165, 1.54) is 15.4 Å². The van der Waals surface area contributed by atoms with Crippen molar-refractivity contribution in [3.8, 4) is 0 Å². The zero-order chi connectivity index (χ0) is 19.6. The monoisotopic (exact) mass is 396 g/mol. The quantitative estimate of drug-likeness (QED) is 0.430. The van der Waals surface area contributed by atoms with Gasteiger partial charge in [-0.15, -0.1) is 11.3 Å². The lowest BCUT2D eigenvalue weighted by atomic mass is 10.2. The molecular formula is C21H28N6S. The number of thiazole rings is 1. The molecule has 0 saturated carbocycles. The minimum atomic E-state index is 0.599. The molecule has 3 aromatic rings. The molecule has 0 unspecified atom stereocenters. The van der Waals surface area contributed by atoms with Gasteiger partial charge in [-0.2, -0.15) is 5.10 Å². The van der Waals surface area contributed by atoms with Crippen molar-refractivity contribution in [3.63, 3.8) is 0 Å². The van der Waals surface area contributed by atoms with Crippen molar-refractivity contribution in [3.05, 3.63) is 69.9 Å². The summed E-state index contributed by atoms with van der Waals surface area (Å²) in [5.74, 6) is 0.825. The van der Waals surface area contributed by atoms with E-state index in [-0.39, 0.29) is 0 Å². The highest BCUT2D eigenvalue weighted by Gasteiger charge is 2.03. The maximum Gasteiger partial charge on any atom is 0.191 e. The fourth-order valence-corrected chi connectivity index (χ4v) is 3.63. The molecule has 0 aliphatic heterocycles. The molecule has 0 radical (unpaired) electrons. The smallest absolute Gasteiger partial charge is 0.191 e. The van der Waals surface area contributed by atoms with E-state index in [9.17, 15) is 0 Å². The van der Waals surface area contributed by atoms with Crippen LogP contribution in [0.2, 0.25) is 0 Å². The Bertz CT molecular complexity index is 868. The van der Waals surface area contributed by atoms with Crippen LogP contribution in [0.3, 0.4) is 0 Å². The van der Waals surface area contributed by atoms with E-state index in [1.54, 1.807) is 11.3 Å². The molecule has 148 valence electrons. The Kier molecular flexibility index (Phi) is 7.61. The van der Waals surface area contributed by atoms with Crippen LogP contribution < -0.4 is 10.6 Å². The lowest BCUT2D eigenvalue weighted by Gasteiger charge is -2.10. The standard InChI is InChI=1S/C21H28N6S/c1-3-19-14-24-20(28-19)10-11-23-21(22-4-2)25-12-18-13-26-27(16-18)15-17-8-6-5-7-9-17/h5-9,13-14,16H,3-4,10-12,15H2,1-2H3,(H2,22,23,25). The normalized spacial score (nSPS) is 11.6. The number of hydrogen-bond donors (Lipinski definition) is 2. The number of nitrogens with zero attached hydrogens (tertiary/aromatic N) is 4. The van der Waals surface area contributed by atoms with Crippen LogP contribution in [-0.2, 0) is 25.9 Å². The van der Waals surface area contributed by atoms with E-state index in [0.717, 1.165) is 44.0 Å². The SMILES string of the molecule is CCNC(=NCc1cnn(Cc2ccccc2)c1)NCCc1ncc(CC)s1. The molecule has 2 heterocycles. The van der Waals surface area contributed by atoms with Crippen LogP contribution in [0.15, 0.2) is 53.9 Å². The van der Waals surface area contributed by atoms with Crippen LogP contribution in [0, 0.1) is 0 Å². The summed E-state index contributed by atoms with van der Waals surface area (Å²) >= 11 is 1.79. The molecule has 6 nitrogen and oxygen atoms in total. The zero-order valence-electron chi connectivity index (χ0n) is 16.6. The van der Waals surface area contributed by atoms with Gasteiger partial charge in [-0.05, 0) is 18.9 Å². The van der Waals surface area contributed by atoms with Crippen LogP contribution >= 0.6 is 11.3 Å². The van der Waals surface area contributed by atoms with Crippen LogP contribution in [-0.4, -0.2) is 33.8 Å². The first kappa shape index (κ1) is 20.1. The summed E-state index contributed by atoms with van der Waals surface area (Å²) in [4.78, 5) is 10.5. The highest BCUT2D eigenvalue weighted by atomic mass is 32.1. The number of aromatic nitrogens is 3. The highest BCUT2D eigenvalue weighted by Crippen LogP contribution is 2.13. The molecule has 0 spiro atoms. The van der Waals surface area contributed by atoms with Gasteiger partial charge in [0, 0.05) is 42.3 Å². The average molecular weight is 397 g/mol. The molecule has 0 fully saturated rings. The first-order valence-electron chi connectivity index (χ1n) is 9.77. The number of nitrogens with one attached hydrogen (secondary N) is 2. The second-order valence-electron chi connectivity index (χ2n) is 6.48. The van der Waals surface area contributed by atoms with Crippen molar-refractivity contribution in [1.29, 1.82) is 0 Å². The van der Waals surface area contributed by atoms with E-state index in [1.807, 2.05) is 35.3 Å². The topological polar surface area (TPSA) is 67.1 Å². The van der Waals surface area contributed by atoms with Crippen LogP contribution in [0.1, 0.15) is 34.9 Å². The van der Waals surface area contributed by atoms with Crippen molar-refractivity contribution >= 4 is 17.3 Å². The lowest BCUT2D eigenvalue weighted by Crippen LogP contribution is -2.38. The maximum atomic E-state index is 4.68. The minimum Gasteiger partial charge on any atom is -0.357 e. The third kappa shape index (κ3) is 6.20. The maximum absolute atomic E-state index is 4.68. The number of guanidine groups is 1. The average Bonchev–Trinajstić information content (AvgIpc) is 3.36. The molecule has 0 amide bonds. The molecule has 0 saturated heterocycles. The number of hydrogen-bond acceptors (Lipinski definition) is 4. The van der Waals surface area contributed by atoms with Gasteiger partial charge in [0.2, 0.25) is 0 Å². The van der Waals surface area contributed by atoms with Gasteiger partial charge < -0.3 is 10.6 Å². The summed E-state index contributed by atoms with van der Waals surface area (Å²) in [6, 6.07) is 10.3. The molecule has 1 aromatic carbocycles. The van der Waals surface area contributed by atoms with Gasteiger partial charge in [-0.1, -0.05) is 37.3 Å². The Balaban J connectivity index is 1.50. The molecule has 0 aliphatic carbocycles. The summed E-state index contributed by atoms with van der Waals surface area (Å²) in [5.41, 5.74) is 2.34. The van der Waals surface area contributed by atoms with Gasteiger partial charge in [0.05, 0.1) is 24.3 Å². The Morgan fingerprint density at radius 3 is 2.71 bits per heavy atom. The van der Waals surface area contributed by atoms with Gasteiger partial charge in [-0.3, -0.25) is 4.68 Å². The molecule has 3 rings (SSSR count). The molecule has 7 heteroatoms. The minimum absolute atomic E-state index is 0.599. The zero-order valence-corrected chi connectivity index (χ0v) is 17.4. The third-order valence-corrected chi connectivity index (χ3v) is 5.42. The number of aliphatic imine (C=N–C) groups is 1. The largest absolute Gasteiger partial charge is 0.357 e. The predicted molar refractivity (Wildman–Crippen MR) is 116 cm³/mol. The second kappa shape index (κ2) is 10.6. The Labute approximate surface area is 170 Å². The Morgan fingerprint density at radius 2 is 1.96 bits per heavy atom. The summed E-state index contributed by atoms with van der Waals surface area (Å²) in [6.07, 6.45) is 7.88. The molecule has 0 atom stereocenters. The van der Waals surface area contributed by atoms with E-state index >= 15 is 0 Å². The lowest BCUT2D eigenvalue weighted by molar-refractivity contribution is 0.686. The molecule has 0 bridgehead atoms.